The number of nitro groups is 1. The first-order chi connectivity index (χ1) is 9.63. The lowest BCUT2D eigenvalue weighted by Crippen LogP contribution is -2.01. The van der Waals surface area contributed by atoms with Crippen LogP contribution in [0.1, 0.15) is 5.56 Å². The molecule has 7 nitrogen and oxygen atoms in total. The van der Waals surface area contributed by atoms with Gasteiger partial charge in [0.2, 0.25) is 0 Å². The molecule has 1 heterocycles. The van der Waals surface area contributed by atoms with Gasteiger partial charge in [-0.25, -0.2) is 0 Å². The first kappa shape index (κ1) is 13.8. The summed E-state index contributed by atoms with van der Waals surface area (Å²) in [5, 5.41) is 13.8. The number of nitrogens with zero attached hydrogens (tertiary/aromatic N) is 2. The molecule has 0 unspecified atom stereocenters. The number of nitrogens with two attached hydrogens (primary N) is 1. The van der Waals surface area contributed by atoms with E-state index in [1.165, 1.54) is 19.2 Å². The van der Waals surface area contributed by atoms with Gasteiger partial charge >= 0.3 is 5.69 Å². The highest BCUT2D eigenvalue weighted by Gasteiger charge is 2.16. The van der Waals surface area contributed by atoms with Crippen molar-refractivity contribution in [2.45, 2.75) is 6.54 Å². The molecule has 0 amide bonds. The first-order valence-electron chi connectivity index (χ1n) is 5.89. The SMILES string of the molecule is COc1nc(Nc2cccc(CN)c2)ccc1[N+](=O)[O-]. The van der Waals surface area contributed by atoms with Crippen LogP contribution in [-0.4, -0.2) is 17.0 Å². The molecule has 1 aromatic heterocycles. The summed E-state index contributed by atoms with van der Waals surface area (Å²) in [6.07, 6.45) is 0. The van der Waals surface area contributed by atoms with Crippen LogP contribution in [0.4, 0.5) is 17.2 Å². The van der Waals surface area contributed by atoms with Gasteiger partial charge in [-0.3, -0.25) is 10.1 Å². The van der Waals surface area contributed by atoms with E-state index < -0.39 is 4.92 Å². The Labute approximate surface area is 115 Å². The van der Waals surface area contributed by atoms with Crippen LogP contribution in [-0.2, 0) is 6.54 Å². The average molecular weight is 274 g/mol. The summed E-state index contributed by atoms with van der Waals surface area (Å²) >= 11 is 0. The molecule has 0 spiro atoms. The second kappa shape index (κ2) is 5.98. The Kier molecular flexibility index (Phi) is 4.11. The van der Waals surface area contributed by atoms with Gasteiger partial charge in [0.15, 0.2) is 0 Å². The zero-order chi connectivity index (χ0) is 14.5. The third kappa shape index (κ3) is 3.01. The lowest BCUT2D eigenvalue weighted by Gasteiger charge is -2.08. The van der Waals surface area contributed by atoms with Crippen LogP contribution in [0.5, 0.6) is 5.88 Å². The summed E-state index contributed by atoms with van der Waals surface area (Å²) < 4.78 is 4.92. The summed E-state index contributed by atoms with van der Waals surface area (Å²) in [7, 11) is 1.34. The van der Waals surface area contributed by atoms with Gasteiger partial charge in [-0.15, -0.1) is 0 Å². The molecule has 104 valence electrons. The van der Waals surface area contributed by atoms with E-state index in [0.29, 0.717) is 12.4 Å². The summed E-state index contributed by atoms with van der Waals surface area (Å²) in [4.78, 5) is 14.3. The Morgan fingerprint density at radius 2 is 2.20 bits per heavy atom. The van der Waals surface area contributed by atoms with Crippen LogP contribution in [0.2, 0.25) is 0 Å². The van der Waals surface area contributed by atoms with E-state index in [-0.39, 0.29) is 11.6 Å². The molecule has 2 aromatic rings. The molecule has 0 saturated carbocycles. The zero-order valence-electron chi connectivity index (χ0n) is 10.9. The number of nitrogens with one attached hydrogen (secondary N) is 1. The van der Waals surface area contributed by atoms with Crippen LogP contribution in [0.15, 0.2) is 36.4 Å². The number of pyridine rings is 1. The van der Waals surface area contributed by atoms with Crippen molar-refractivity contribution in [2.24, 2.45) is 5.73 Å². The molecule has 0 radical (unpaired) electrons. The minimum absolute atomic E-state index is 0.0324. The Morgan fingerprint density at radius 1 is 1.40 bits per heavy atom. The van der Waals surface area contributed by atoms with E-state index in [0.717, 1.165) is 11.3 Å². The topological polar surface area (TPSA) is 103 Å². The fourth-order valence-corrected chi connectivity index (χ4v) is 1.72. The van der Waals surface area contributed by atoms with E-state index in [9.17, 15) is 10.1 Å². The van der Waals surface area contributed by atoms with Crippen molar-refractivity contribution in [2.75, 3.05) is 12.4 Å². The fraction of sp³-hybridized carbons (Fsp3) is 0.154. The van der Waals surface area contributed by atoms with Crippen LogP contribution >= 0.6 is 0 Å². The highest BCUT2D eigenvalue weighted by Crippen LogP contribution is 2.27. The Balaban J connectivity index is 2.27. The smallest absolute Gasteiger partial charge is 0.331 e. The Hall–Kier alpha value is -2.67. The zero-order valence-corrected chi connectivity index (χ0v) is 10.9. The molecular weight excluding hydrogens is 260 g/mol. The molecule has 0 bridgehead atoms. The Bertz CT molecular complexity index is 631. The minimum Gasteiger partial charge on any atom is -0.476 e. The fourth-order valence-electron chi connectivity index (χ4n) is 1.72. The molecule has 0 fully saturated rings. The Morgan fingerprint density at radius 3 is 2.85 bits per heavy atom. The minimum atomic E-state index is -0.537. The molecule has 0 aliphatic carbocycles. The van der Waals surface area contributed by atoms with E-state index >= 15 is 0 Å². The number of hydrogen-bond acceptors (Lipinski definition) is 6. The van der Waals surface area contributed by atoms with Gasteiger partial charge in [-0.2, -0.15) is 4.98 Å². The molecule has 3 N–H and O–H groups in total. The standard InChI is InChI=1S/C13H14N4O3/c1-20-13-11(17(18)19)5-6-12(16-13)15-10-4-2-3-9(7-10)8-14/h2-7H,8,14H2,1H3,(H,15,16). The summed E-state index contributed by atoms with van der Waals surface area (Å²) in [5.41, 5.74) is 7.18. The molecular formula is C13H14N4O3. The average Bonchev–Trinajstić information content (AvgIpc) is 2.47. The number of benzene rings is 1. The maximum atomic E-state index is 10.8. The van der Waals surface area contributed by atoms with E-state index in [1.54, 1.807) is 0 Å². The molecule has 0 aliphatic rings. The molecule has 0 aliphatic heterocycles. The van der Waals surface area contributed by atoms with Crippen LogP contribution in [0.25, 0.3) is 0 Å². The quantitative estimate of drug-likeness (QED) is 0.640. The van der Waals surface area contributed by atoms with Gasteiger partial charge < -0.3 is 15.8 Å². The summed E-state index contributed by atoms with van der Waals surface area (Å²) in [5.74, 6) is 0.427. The van der Waals surface area contributed by atoms with E-state index in [1.807, 2.05) is 24.3 Å². The molecule has 0 atom stereocenters. The third-order valence-electron chi connectivity index (χ3n) is 2.67. The summed E-state index contributed by atoms with van der Waals surface area (Å²) in [6, 6.07) is 10.4. The molecule has 7 heteroatoms. The van der Waals surface area contributed by atoms with Crippen LogP contribution < -0.4 is 15.8 Å². The number of aromatic nitrogens is 1. The number of hydrogen-bond donors (Lipinski definition) is 2. The molecule has 2 rings (SSSR count). The van der Waals surface area contributed by atoms with Crippen molar-refractivity contribution in [3.63, 3.8) is 0 Å². The lowest BCUT2D eigenvalue weighted by atomic mass is 10.2. The lowest BCUT2D eigenvalue weighted by molar-refractivity contribution is -0.386. The maximum absolute atomic E-state index is 10.8. The van der Waals surface area contributed by atoms with Crippen molar-refractivity contribution in [1.29, 1.82) is 0 Å². The van der Waals surface area contributed by atoms with Gasteiger partial charge in [0.05, 0.1) is 12.0 Å². The van der Waals surface area contributed by atoms with E-state index in [4.69, 9.17) is 10.5 Å². The normalized spacial score (nSPS) is 10.1. The highest BCUT2D eigenvalue weighted by atomic mass is 16.6. The van der Waals surface area contributed by atoms with Gasteiger partial charge in [0.25, 0.3) is 5.88 Å². The van der Waals surface area contributed by atoms with Gasteiger partial charge in [-0.1, -0.05) is 12.1 Å². The van der Waals surface area contributed by atoms with Crippen molar-refractivity contribution in [3.8, 4) is 5.88 Å². The second-order valence-corrected chi connectivity index (χ2v) is 4.01. The predicted molar refractivity (Wildman–Crippen MR) is 75.1 cm³/mol. The van der Waals surface area contributed by atoms with Crippen molar-refractivity contribution < 1.29 is 9.66 Å². The second-order valence-electron chi connectivity index (χ2n) is 4.01. The molecule has 1 aromatic carbocycles. The number of anilines is 2. The molecule has 0 saturated heterocycles. The highest BCUT2D eigenvalue weighted by molar-refractivity contribution is 5.59. The number of rotatable bonds is 5. The summed E-state index contributed by atoms with van der Waals surface area (Å²) in [6.45, 7) is 0.437. The largest absolute Gasteiger partial charge is 0.476 e. The maximum Gasteiger partial charge on any atom is 0.331 e. The van der Waals surface area contributed by atoms with Gasteiger partial charge in [-0.05, 0) is 23.8 Å². The molecule has 20 heavy (non-hydrogen) atoms. The van der Waals surface area contributed by atoms with Crippen LogP contribution in [0.3, 0.4) is 0 Å². The van der Waals surface area contributed by atoms with Gasteiger partial charge in [0, 0.05) is 18.3 Å². The predicted octanol–water partition coefficient (Wildman–Crippen LogP) is 2.20. The monoisotopic (exact) mass is 274 g/mol. The van der Waals surface area contributed by atoms with Crippen molar-refractivity contribution in [1.82, 2.24) is 4.98 Å². The van der Waals surface area contributed by atoms with Gasteiger partial charge in [0.1, 0.15) is 5.82 Å². The van der Waals surface area contributed by atoms with Crippen LogP contribution in [0, 0.1) is 10.1 Å². The third-order valence-corrected chi connectivity index (χ3v) is 2.67. The van der Waals surface area contributed by atoms with Crippen molar-refractivity contribution in [3.05, 3.63) is 52.1 Å². The van der Waals surface area contributed by atoms with E-state index in [2.05, 4.69) is 10.3 Å². The number of ether oxygens (including phenoxy) is 1. The van der Waals surface area contributed by atoms with Crippen molar-refractivity contribution >= 4 is 17.2 Å². The number of methoxy groups -OCH3 is 1. The first-order valence-corrected chi connectivity index (χ1v) is 5.89.